The van der Waals surface area contributed by atoms with Gasteiger partial charge in [0.1, 0.15) is 6.04 Å². The molecule has 3 aliphatic rings. The van der Waals surface area contributed by atoms with E-state index in [1.54, 1.807) is 4.90 Å². The standard InChI is InChI=1S/C25H28N4O3/c26-19-6-4-16(5-7-19)17-10-12-28(13-11-17)14-18-2-1-3-20-21(18)15-29(25(20)32)22-8-9-23(30)27-24(22)31/h1-7,17,22H,8-15,26H2,(H,27,30,31). The maximum atomic E-state index is 13.0. The van der Waals surface area contributed by atoms with Crippen LogP contribution in [0, 0.1) is 0 Å². The van der Waals surface area contributed by atoms with Gasteiger partial charge in [-0.2, -0.15) is 0 Å². The number of nitrogens with zero attached hydrogens (tertiary/aromatic N) is 2. The van der Waals surface area contributed by atoms with E-state index in [-0.39, 0.29) is 24.1 Å². The van der Waals surface area contributed by atoms with Crippen LogP contribution in [0.5, 0.6) is 0 Å². The Morgan fingerprint density at radius 2 is 1.72 bits per heavy atom. The molecule has 0 radical (unpaired) electrons. The number of hydrogen-bond acceptors (Lipinski definition) is 5. The number of carbonyl (C=O) groups is 3. The second-order valence-electron chi connectivity index (χ2n) is 9.06. The summed E-state index contributed by atoms with van der Waals surface area (Å²) in [6.07, 6.45) is 2.85. The first-order chi connectivity index (χ1) is 15.5. The van der Waals surface area contributed by atoms with Crippen molar-refractivity contribution in [1.82, 2.24) is 15.1 Å². The maximum absolute atomic E-state index is 13.0. The van der Waals surface area contributed by atoms with E-state index in [1.807, 2.05) is 24.3 Å². The monoisotopic (exact) mass is 432 g/mol. The number of amides is 3. The molecule has 3 N–H and O–H groups in total. The van der Waals surface area contributed by atoms with E-state index in [4.69, 9.17) is 5.73 Å². The van der Waals surface area contributed by atoms with Gasteiger partial charge in [-0.15, -0.1) is 0 Å². The average Bonchev–Trinajstić information content (AvgIpc) is 3.12. The van der Waals surface area contributed by atoms with Crippen molar-refractivity contribution in [2.75, 3.05) is 18.8 Å². The Morgan fingerprint density at radius 1 is 0.969 bits per heavy atom. The summed E-state index contributed by atoms with van der Waals surface area (Å²) in [5, 5.41) is 2.37. The van der Waals surface area contributed by atoms with Crippen molar-refractivity contribution in [3.05, 3.63) is 64.7 Å². The highest BCUT2D eigenvalue weighted by Gasteiger charge is 2.39. The number of likely N-dealkylation sites (tertiary alicyclic amines) is 1. The second kappa shape index (κ2) is 8.39. The highest BCUT2D eigenvalue weighted by atomic mass is 16.2. The minimum atomic E-state index is -0.573. The Labute approximate surface area is 187 Å². The van der Waals surface area contributed by atoms with Crippen LogP contribution in [0.4, 0.5) is 5.69 Å². The molecule has 1 unspecified atom stereocenters. The summed E-state index contributed by atoms with van der Waals surface area (Å²) in [7, 11) is 0. The lowest BCUT2D eigenvalue weighted by Gasteiger charge is -2.32. The molecule has 7 nitrogen and oxygen atoms in total. The molecule has 7 heteroatoms. The van der Waals surface area contributed by atoms with Crippen LogP contribution in [0.1, 0.15) is 58.6 Å². The minimum absolute atomic E-state index is 0.113. The van der Waals surface area contributed by atoms with E-state index in [9.17, 15) is 14.4 Å². The van der Waals surface area contributed by atoms with Gasteiger partial charge in [-0.1, -0.05) is 24.3 Å². The fourth-order valence-electron chi connectivity index (χ4n) is 5.23. The molecule has 0 spiro atoms. The van der Waals surface area contributed by atoms with Crippen molar-refractivity contribution in [3.63, 3.8) is 0 Å². The van der Waals surface area contributed by atoms with Crippen molar-refractivity contribution in [1.29, 1.82) is 0 Å². The number of benzene rings is 2. The lowest BCUT2D eigenvalue weighted by atomic mass is 9.89. The molecule has 32 heavy (non-hydrogen) atoms. The molecule has 166 valence electrons. The van der Waals surface area contributed by atoms with Crippen LogP contribution >= 0.6 is 0 Å². The van der Waals surface area contributed by atoms with Gasteiger partial charge in [0.05, 0.1) is 0 Å². The first-order valence-corrected chi connectivity index (χ1v) is 11.3. The van der Waals surface area contributed by atoms with Crippen LogP contribution in [-0.2, 0) is 22.7 Å². The summed E-state index contributed by atoms with van der Waals surface area (Å²) in [4.78, 5) is 40.9. The summed E-state index contributed by atoms with van der Waals surface area (Å²) in [5.41, 5.74) is 10.8. The molecule has 2 aromatic rings. The number of nitrogen functional groups attached to an aromatic ring is 1. The SMILES string of the molecule is Nc1ccc(C2CCN(Cc3cccc4c3CN(C3CCC(=O)NC3=O)C4=O)CC2)cc1. The molecule has 0 aliphatic carbocycles. The van der Waals surface area contributed by atoms with E-state index in [2.05, 4.69) is 28.4 Å². The first kappa shape index (κ1) is 20.7. The number of rotatable bonds is 4. The lowest BCUT2D eigenvalue weighted by Crippen LogP contribution is -2.52. The molecule has 2 aromatic carbocycles. The maximum Gasteiger partial charge on any atom is 0.255 e. The smallest absolute Gasteiger partial charge is 0.255 e. The summed E-state index contributed by atoms with van der Waals surface area (Å²) in [6.45, 7) is 3.24. The molecule has 5 rings (SSSR count). The van der Waals surface area contributed by atoms with Gasteiger partial charge in [0.15, 0.2) is 0 Å². The highest BCUT2D eigenvalue weighted by Crippen LogP contribution is 2.33. The molecule has 0 bridgehead atoms. The third kappa shape index (κ3) is 3.88. The summed E-state index contributed by atoms with van der Waals surface area (Å²) < 4.78 is 0. The molecule has 0 aromatic heterocycles. The molecular weight excluding hydrogens is 404 g/mol. The number of hydrogen-bond donors (Lipinski definition) is 2. The fraction of sp³-hybridized carbons (Fsp3) is 0.400. The molecule has 0 saturated carbocycles. The van der Waals surface area contributed by atoms with E-state index in [0.717, 1.165) is 49.3 Å². The number of anilines is 1. The second-order valence-corrected chi connectivity index (χ2v) is 9.06. The highest BCUT2D eigenvalue weighted by molar-refractivity contribution is 6.05. The summed E-state index contributed by atoms with van der Waals surface area (Å²) in [6, 6.07) is 13.5. The first-order valence-electron chi connectivity index (χ1n) is 11.3. The molecular formula is C25H28N4O3. The van der Waals surface area contributed by atoms with E-state index < -0.39 is 6.04 Å². The summed E-state index contributed by atoms with van der Waals surface area (Å²) >= 11 is 0. The number of fused-ring (bicyclic) bond motifs is 1. The number of carbonyl (C=O) groups excluding carboxylic acids is 3. The van der Waals surface area contributed by atoms with Gasteiger partial charge in [-0.25, -0.2) is 0 Å². The summed E-state index contributed by atoms with van der Waals surface area (Å²) in [5.74, 6) is -0.191. The Kier molecular flexibility index (Phi) is 5.43. The largest absolute Gasteiger partial charge is 0.399 e. The zero-order chi connectivity index (χ0) is 22.2. The molecule has 1 atom stereocenters. The van der Waals surface area contributed by atoms with Gasteiger partial charge >= 0.3 is 0 Å². The van der Waals surface area contributed by atoms with Gasteiger partial charge in [0.2, 0.25) is 11.8 Å². The number of imide groups is 1. The van der Waals surface area contributed by atoms with Crippen LogP contribution in [0.2, 0.25) is 0 Å². The van der Waals surface area contributed by atoms with E-state index in [0.29, 0.717) is 24.4 Å². The fourth-order valence-corrected chi connectivity index (χ4v) is 5.23. The van der Waals surface area contributed by atoms with Crippen molar-refractivity contribution in [3.8, 4) is 0 Å². The Balaban J connectivity index is 1.26. The van der Waals surface area contributed by atoms with E-state index in [1.165, 1.54) is 5.56 Å². The Morgan fingerprint density at radius 3 is 2.44 bits per heavy atom. The van der Waals surface area contributed by atoms with Gasteiger partial charge in [0.25, 0.3) is 5.91 Å². The predicted molar refractivity (Wildman–Crippen MR) is 121 cm³/mol. The normalized spacial score (nSPS) is 22.2. The molecule has 3 heterocycles. The van der Waals surface area contributed by atoms with Gasteiger partial charge in [-0.3, -0.25) is 24.6 Å². The molecule has 3 aliphatic heterocycles. The average molecular weight is 433 g/mol. The van der Waals surface area contributed by atoms with Gasteiger partial charge < -0.3 is 10.6 Å². The third-order valence-corrected chi connectivity index (χ3v) is 7.07. The zero-order valence-electron chi connectivity index (χ0n) is 18.0. The topological polar surface area (TPSA) is 95.7 Å². The van der Waals surface area contributed by atoms with Crippen LogP contribution in [-0.4, -0.2) is 46.7 Å². The third-order valence-electron chi connectivity index (χ3n) is 7.07. The molecule has 2 saturated heterocycles. The lowest BCUT2D eigenvalue weighted by molar-refractivity contribution is -0.136. The number of nitrogens with two attached hydrogens (primary N) is 1. The predicted octanol–water partition coefficient (Wildman–Crippen LogP) is 2.41. The van der Waals surface area contributed by atoms with Crippen LogP contribution < -0.4 is 11.1 Å². The van der Waals surface area contributed by atoms with Crippen molar-refractivity contribution in [2.45, 2.75) is 50.7 Å². The zero-order valence-corrected chi connectivity index (χ0v) is 18.0. The number of nitrogens with one attached hydrogen (secondary N) is 1. The minimum Gasteiger partial charge on any atom is -0.399 e. The van der Waals surface area contributed by atoms with E-state index >= 15 is 0 Å². The van der Waals surface area contributed by atoms with Crippen molar-refractivity contribution >= 4 is 23.4 Å². The van der Waals surface area contributed by atoms with Crippen molar-refractivity contribution in [2.24, 2.45) is 0 Å². The molecule has 3 amide bonds. The van der Waals surface area contributed by atoms with Gasteiger partial charge in [0, 0.05) is 30.8 Å². The quantitative estimate of drug-likeness (QED) is 0.571. The van der Waals surface area contributed by atoms with Crippen molar-refractivity contribution < 1.29 is 14.4 Å². The van der Waals surface area contributed by atoms with Gasteiger partial charge in [-0.05, 0) is 73.2 Å². The Bertz CT molecular complexity index is 1060. The van der Waals surface area contributed by atoms with Crippen LogP contribution in [0.3, 0.4) is 0 Å². The molecule has 2 fully saturated rings. The van der Waals surface area contributed by atoms with Crippen LogP contribution in [0.15, 0.2) is 42.5 Å². The Hall–Kier alpha value is -3.19. The number of piperidine rings is 2. The van der Waals surface area contributed by atoms with Crippen LogP contribution in [0.25, 0.3) is 0 Å².